The molecule has 0 saturated heterocycles. The van der Waals surface area contributed by atoms with Gasteiger partial charge in [-0.2, -0.15) is 5.10 Å². The maximum absolute atomic E-state index is 12.2. The van der Waals surface area contributed by atoms with Gasteiger partial charge in [-0.3, -0.25) is 9.48 Å². The number of carbonyl (C=O) groups excluding carboxylic acids is 1. The number of carbonyl (C=O) groups is 1. The second kappa shape index (κ2) is 10.3. The number of nitrogens with zero attached hydrogens (tertiary/aromatic N) is 4. The van der Waals surface area contributed by atoms with Crippen molar-refractivity contribution < 1.29 is 14.3 Å². The number of benzene rings is 1. The van der Waals surface area contributed by atoms with Crippen LogP contribution in [0.5, 0.6) is 11.6 Å². The number of aryl methyl sites for hydroxylation is 2. The molecule has 182 valence electrons. The summed E-state index contributed by atoms with van der Waals surface area (Å²) in [6.45, 7) is 6.00. The Morgan fingerprint density at radius 3 is 2.71 bits per heavy atom. The molecule has 3 heterocycles. The summed E-state index contributed by atoms with van der Waals surface area (Å²) in [4.78, 5) is 21.2. The number of ether oxygens (including phenoxy) is 2. The number of rotatable bonds is 8. The smallest absolute Gasteiger partial charge is 0.222 e. The first-order chi connectivity index (χ1) is 16.8. The minimum Gasteiger partial charge on any atom is -0.487 e. The molecule has 35 heavy (non-hydrogen) atoms. The highest BCUT2D eigenvalue weighted by Crippen LogP contribution is 2.34. The highest BCUT2D eigenvalue weighted by molar-refractivity contribution is 6.31. The van der Waals surface area contributed by atoms with E-state index >= 15 is 0 Å². The van der Waals surface area contributed by atoms with Crippen LogP contribution in [-0.2, 0) is 25.0 Å². The van der Waals surface area contributed by atoms with Crippen LogP contribution < -0.4 is 14.8 Å². The summed E-state index contributed by atoms with van der Waals surface area (Å²) in [7, 11) is 3.45. The van der Waals surface area contributed by atoms with E-state index in [4.69, 9.17) is 26.1 Å². The topological polar surface area (TPSA) is 91.2 Å². The highest BCUT2D eigenvalue weighted by atomic mass is 35.5. The standard InChI is InChI=1S/C26H28ClN5O3/c1-15(2)25(33)28-12-19-20(21(27)13-29-26(19)34-5)14-35-23-8-6-7-17-18(11-16(3)31-24(17)23)22-9-10-30-32(22)4/h6-11,13,15H,12,14H2,1-5H3,(H,28,33). The van der Waals surface area contributed by atoms with Crippen LogP contribution in [0, 0.1) is 12.8 Å². The third kappa shape index (κ3) is 5.07. The first kappa shape index (κ1) is 24.5. The third-order valence-corrected chi connectivity index (χ3v) is 6.09. The number of nitrogens with one attached hydrogen (secondary N) is 1. The van der Waals surface area contributed by atoms with E-state index < -0.39 is 0 Å². The van der Waals surface area contributed by atoms with Gasteiger partial charge in [-0.25, -0.2) is 9.97 Å². The van der Waals surface area contributed by atoms with Gasteiger partial charge in [0, 0.05) is 59.7 Å². The van der Waals surface area contributed by atoms with Crippen molar-refractivity contribution >= 4 is 28.4 Å². The quantitative estimate of drug-likeness (QED) is 0.377. The Kier molecular flexibility index (Phi) is 7.21. The zero-order chi connectivity index (χ0) is 25.1. The second-order valence-corrected chi connectivity index (χ2v) is 8.94. The van der Waals surface area contributed by atoms with Crippen LogP contribution in [0.1, 0.15) is 30.7 Å². The monoisotopic (exact) mass is 493 g/mol. The number of halogens is 1. The lowest BCUT2D eigenvalue weighted by molar-refractivity contribution is -0.124. The second-order valence-electron chi connectivity index (χ2n) is 8.54. The summed E-state index contributed by atoms with van der Waals surface area (Å²) in [6.07, 6.45) is 3.30. The van der Waals surface area contributed by atoms with Crippen molar-refractivity contribution in [1.82, 2.24) is 25.1 Å². The van der Waals surface area contributed by atoms with E-state index in [-0.39, 0.29) is 25.0 Å². The van der Waals surface area contributed by atoms with Crippen molar-refractivity contribution in [1.29, 1.82) is 0 Å². The molecule has 0 aliphatic rings. The van der Waals surface area contributed by atoms with E-state index in [1.165, 1.54) is 13.3 Å². The van der Waals surface area contributed by atoms with Gasteiger partial charge in [0.2, 0.25) is 11.8 Å². The van der Waals surface area contributed by atoms with Crippen molar-refractivity contribution in [3.8, 4) is 22.9 Å². The molecule has 0 aliphatic heterocycles. The largest absolute Gasteiger partial charge is 0.487 e. The summed E-state index contributed by atoms with van der Waals surface area (Å²) in [5.41, 5.74) is 5.00. The van der Waals surface area contributed by atoms with Crippen molar-refractivity contribution in [2.75, 3.05) is 7.11 Å². The number of amides is 1. The van der Waals surface area contributed by atoms with Crippen molar-refractivity contribution in [2.24, 2.45) is 13.0 Å². The molecule has 8 nitrogen and oxygen atoms in total. The molecule has 0 fully saturated rings. The van der Waals surface area contributed by atoms with Crippen molar-refractivity contribution in [3.05, 3.63) is 64.6 Å². The van der Waals surface area contributed by atoms with Gasteiger partial charge in [0.25, 0.3) is 0 Å². The molecule has 0 spiro atoms. The Balaban J connectivity index is 1.70. The predicted octanol–water partition coefficient (Wildman–Crippen LogP) is 4.85. The fraction of sp³-hybridized carbons (Fsp3) is 0.308. The van der Waals surface area contributed by atoms with Gasteiger partial charge in [0.15, 0.2) is 0 Å². The van der Waals surface area contributed by atoms with Crippen LogP contribution in [-0.4, -0.2) is 32.8 Å². The Labute approximate surface area is 209 Å². The number of fused-ring (bicyclic) bond motifs is 1. The summed E-state index contributed by atoms with van der Waals surface area (Å²) in [5.74, 6) is 0.794. The Hall–Kier alpha value is -3.65. The van der Waals surface area contributed by atoms with Crippen molar-refractivity contribution in [2.45, 2.75) is 33.9 Å². The van der Waals surface area contributed by atoms with Gasteiger partial charge < -0.3 is 14.8 Å². The zero-order valence-corrected chi connectivity index (χ0v) is 21.2. The van der Waals surface area contributed by atoms with Gasteiger partial charge in [0.1, 0.15) is 17.9 Å². The molecular formula is C26H28ClN5O3. The van der Waals surface area contributed by atoms with Crippen LogP contribution in [0.4, 0.5) is 0 Å². The van der Waals surface area contributed by atoms with Crippen LogP contribution in [0.3, 0.4) is 0 Å². The number of para-hydroxylation sites is 1. The molecule has 0 radical (unpaired) electrons. The lowest BCUT2D eigenvalue weighted by Gasteiger charge is -2.17. The van der Waals surface area contributed by atoms with Gasteiger partial charge in [0.05, 0.1) is 17.8 Å². The molecule has 3 aromatic heterocycles. The zero-order valence-electron chi connectivity index (χ0n) is 20.4. The molecule has 1 amide bonds. The van der Waals surface area contributed by atoms with Gasteiger partial charge in [-0.1, -0.05) is 37.6 Å². The maximum atomic E-state index is 12.2. The van der Waals surface area contributed by atoms with E-state index in [2.05, 4.69) is 15.4 Å². The molecule has 4 rings (SSSR count). The Morgan fingerprint density at radius 1 is 1.23 bits per heavy atom. The third-order valence-electron chi connectivity index (χ3n) is 5.76. The van der Waals surface area contributed by atoms with Crippen molar-refractivity contribution in [3.63, 3.8) is 0 Å². The first-order valence-corrected chi connectivity index (χ1v) is 11.7. The minimum absolute atomic E-state index is 0.0738. The van der Waals surface area contributed by atoms with Crippen LogP contribution >= 0.6 is 11.6 Å². The molecule has 1 aromatic carbocycles. The predicted molar refractivity (Wildman–Crippen MR) is 135 cm³/mol. The van der Waals surface area contributed by atoms with Gasteiger partial charge in [-0.15, -0.1) is 0 Å². The summed E-state index contributed by atoms with van der Waals surface area (Å²) < 4.78 is 13.6. The molecule has 0 saturated carbocycles. The SMILES string of the molecule is COc1ncc(Cl)c(COc2cccc3c(-c4ccnn4C)cc(C)nc23)c1CNC(=O)C(C)C. The summed E-state index contributed by atoms with van der Waals surface area (Å²) in [5, 5.41) is 8.61. The van der Waals surface area contributed by atoms with Crippen LogP contribution in [0.2, 0.25) is 5.02 Å². The molecule has 0 bridgehead atoms. The molecule has 4 aromatic rings. The van der Waals surface area contributed by atoms with E-state index in [9.17, 15) is 4.79 Å². The molecule has 9 heteroatoms. The molecule has 0 unspecified atom stereocenters. The average molecular weight is 494 g/mol. The van der Waals surface area contributed by atoms with E-state index in [1.807, 2.05) is 62.8 Å². The van der Waals surface area contributed by atoms with Gasteiger partial charge >= 0.3 is 0 Å². The average Bonchev–Trinajstić information content (AvgIpc) is 3.26. The highest BCUT2D eigenvalue weighted by Gasteiger charge is 2.19. The normalized spacial score (nSPS) is 11.2. The Morgan fingerprint density at radius 2 is 2.03 bits per heavy atom. The molecule has 0 aliphatic carbocycles. The van der Waals surface area contributed by atoms with Crippen LogP contribution in [0.25, 0.3) is 22.2 Å². The molecule has 1 N–H and O–H groups in total. The molecule has 0 atom stereocenters. The van der Waals surface area contributed by atoms with Gasteiger partial charge in [-0.05, 0) is 25.1 Å². The number of hydrogen-bond donors (Lipinski definition) is 1. The first-order valence-electron chi connectivity index (χ1n) is 11.3. The summed E-state index contributed by atoms with van der Waals surface area (Å²) >= 11 is 6.52. The van der Waals surface area contributed by atoms with Crippen LogP contribution in [0.15, 0.2) is 42.7 Å². The Bertz CT molecular complexity index is 1380. The maximum Gasteiger partial charge on any atom is 0.222 e. The number of aromatic nitrogens is 4. The van der Waals surface area contributed by atoms with E-state index in [1.54, 1.807) is 6.20 Å². The lowest BCUT2D eigenvalue weighted by Crippen LogP contribution is -2.28. The number of hydrogen-bond acceptors (Lipinski definition) is 6. The number of pyridine rings is 2. The number of methoxy groups -OCH3 is 1. The fourth-order valence-electron chi connectivity index (χ4n) is 3.90. The van der Waals surface area contributed by atoms with E-state index in [0.29, 0.717) is 27.8 Å². The lowest BCUT2D eigenvalue weighted by atomic mass is 10.0. The van der Waals surface area contributed by atoms with E-state index in [0.717, 1.165) is 27.9 Å². The fourth-order valence-corrected chi connectivity index (χ4v) is 4.12. The summed E-state index contributed by atoms with van der Waals surface area (Å²) in [6, 6.07) is 9.86. The molecular weight excluding hydrogens is 466 g/mol. The minimum atomic E-state index is -0.147.